The minimum atomic E-state index is 0.129. The summed E-state index contributed by atoms with van der Waals surface area (Å²) in [7, 11) is 0. The first-order valence-electron chi connectivity index (χ1n) is 17.3. The van der Waals surface area contributed by atoms with E-state index in [1.165, 1.54) is 33.4 Å². The van der Waals surface area contributed by atoms with Crippen molar-refractivity contribution in [3.05, 3.63) is 57.6 Å². The van der Waals surface area contributed by atoms with Gasteiger partial charge in [-0.05, 0) is 73.6 Å². The van der Waals surface area contributed by atoms with Crippen molar-refractivity contribution < 1.29 is 38.7 Å². The lowest BCUT2D eigenvalue weighted by Gasteiger charge is -2.25. The highest BCUT2D eigenvalue weighted by molar-refractivity contribution is 7.94. The molecule has 0 aliphatic carbocycles. The Morgan fingerprint density at radius 1 is 0.543 bits per heavy atom. The van der Waals surface area contributed by atoms with Gasteiger partial charge in [-0.1, -0.05) is 107 Å². The van der Waals surface area contributed by atoms with E-state index in [0.29, 0.717) is 13.2 Å². The molecule has 0 saturated carbocycles. The Hall–Kier alpha value is -1.50. The van der Waals surface area contributed by atoms with Crippen molar-refractivity contribution in [2.24, 2.45) is 0 Å². The Kier molecular flexibility index (Phi) is 22.6. The van der Waals surface area contributed by atoms with Crippen molar-refractivity contribution in [1.82, 2.24) is 0 Å². The van der Waals surface area contributed by atoms with Crippen LogP contribution in [0.15, 0.2) is 24.3 Å². The van der Waals surface area contributed by atoms with Gasteiger partial charge < -0.3 is 9.47 Å². The number of aryl methyl sites for hydroxylation is 4. The van der Waals surface area contributed by atoms with Crippen molar-refractivity contribution in [2.75, 3.05) is 24.7 Å². The van der Waals surface area contributed by atoms with Gasteiger partial charge in [-0.15, -0.1) is 8.67 Å². The second kappa shape index (κ2) is 25.5. The number of hydrogen-bond donors (Lipinski definition) is 2. The molecular weight excluding hydrogens is 625 g/mol. The van der Waals surface area contributed by atoms with Crippen LogP contribution in [0.3, 0.4) is 0 Å². The van der Waals surface area contributed by atoms with Crippen LogP contribution in [0.25, 0.3) is 0 Å². The van der Waals surface area contributed by atoms with Gasteiger partial charge in [-0.2, -0.15) is 0 Å². The van der Waals surface area contributed by atoms with E-state index < -0.39 is 0 Å². The van der Waals surface area contributed by atoms with E-state index >= 15 is 0 Å². The van der Waals surface area contributed by atoms with Crippen molar-refractivity contribution in [3.63, 3.8) is 0 Å². The number of hydrogen-bond acceptors (Lipinski definition) is 10. The van der Waals surface area contributed by atoms with E-state index in [-0.39, 0.29) is 5.92 Å². The molecule has 262 valence electrons. The molecule has 2 aromatic carbocycles. The third kappa shape index (κ3) is 14.7. The number of rotatable bonds is 28. The van der Waals surface area contributed by atoms with Crippen LogP contribution in [-0.4, -0.2) is 35.2 Å². The fourth-order valence-electron chi connectivity index (χ4n) is 5.71. The Labute approximate surface area is 286 Å². The molecule has 0 spiro atoms. The normalized spacial score (nSPS) is 11.5. The second-order valence-electron chi connectivity index (χ2n) is 11.6. The molecule has 0 unspecified atom stereocenters. The molecule has 0 heterocycles. The number of ether oxygens (including phenoxy) is 2. The van der Waals surface area contributed by atoms with Crippen LogP contribution in [-0.2, 0) is 44.4 Å². The highest BCUT2D eigenvalue weighted by Crippen LogP contribution is 2.41. The van der Waals surface area contributed by atoms with Crippen LogP contribution in [0.4, 0.5) is 0 Å². The predicted octanol–water partition coefficient (Wildman–Crippen LogP) is 10.9. The smallest absolute Gasteiger partial charge is 0.126 e. The van der Waals surface area contributed by atoms with Gasteiger partial charge in [0.05, 0.1) is 13.2 Å². The van der Waals surface area contributed by atoms with E-state index in [1.807, 2.05) is 0 Å². The predicted molar refractivity (Wildman–Crippen MR) is 190 cm³/mol. The van der Waals surface area contributed by atoms with Gasteiger partial charge in [-0.3, -0.25) is 0 Å². The topological polar surface area (TPSA) is 95.8 Å². The molecule has 0 aliphatic heterocycles. The lowest BCUT2D eigenvalue weighted by atomic mass is 9.85. The molecule has 8 nitrogen and oxygen atoms in total. The first-order chi connectivity index (χ1) is 22.5. The van der Waals surface area contributed by atoms with Gasteiger partial charge in [0.2, 0.25) is 0 Å². The summed E-state index contributed by atoms with van der Waals surface area (Å²) in [5.41, 5.74) is 7.77. The summed E-state index contributed by atoms with van der Waals surface area (Å²) in [4.78, 5) is 0. The molecule has 46 heavy (non-hydrogen) atoms. The SMILES string of the molecule is CCc1cc(CC)c(OCCCCCCCSOOO)c(C(C)c2cc(CC)cc(CC)c2OCCCCCCCSOOO)c1. The van der Waals surface area contributed by atoms with Gasteiger partial charge >= 0.3 is 0 Å². The van der Waals surface area contributed by atoms with Gasteiger partial charge in [0.1, 0.15) is 11.5 Å². The van der Waals surface area contributed by atoms with Crippen LogP contribution >= 0.6 is 24.1 Å². The minimum absolute atomic E-state index is 0.129. The van der Waals surface area contributed by atoms with Crippen molar-refractivity contribution in [1.29, 1.82) is 0 Å². The fourth-order valence-corrected chi connectivity index (χ4v) is 6.57. The zero-order valence-corrected chi connectivity index (χ0v) is 30.4. The van der Waals surface area contributed by atoms with E-state index in [2.05, 4.69) is 77.6 Å². The zero-order chi connectivity index (χ0) is 33.4. The zero-order valence-electron chi connectivity index (χ0n) is 28.8. The van der Waals surface area contributed by atoms with E-state index in [9.17, 15) is 0 Å². The summed E-state index contributed by atoms with van der Waals surface area (Å²) < 4.78 is 22.2. The summed E-state index contributed by atoms with van der Waals surface area (Å²) in [5.74, 6) is 3.81. The average Bonchev–Trinajstić information content (AvgIpc) is 3.09. The maximum atomic E-state index is 8.22. The molecule has 0 saturated heterocycles. The minimum Gasteiger partial charge on any atom is -0.493 e. The summed E-state index contributed by atoms with van der Waals surface area (Å²) in [6, 6.07) is 9.37. The Balaban J connectivity index is 2.16. The number of unbranched alkanes of at least 4 members (excludes halogenated alkanes) is 8. The summed E-state index contributed by atoms with van der Waals surface area (Å²) in [6.07, 6.45) is 14.6. The van der Waals surface area contributed by atoms with E-state index in [4.69, 9.17) is 20.0 Å². The molecule has 2 N–H and O–H groups in total. The van der Waals surface area contributed by atoms with Gasteiger partial charge in [0.25, 0.3) is 0 Å². The highest BCUT2D eigenvalue weighted by Gasteiger charge is 2.23. The summed E-state index contributed by atoms with van der Waals surface area (Å²) >= 11 is 2.25. The quantitative estimate of drug-likeness (QED) is 0.0390. The van der Waals surface area contributed by atoms with Crippen LogP contribution < -0.4 is 9.47 Å². The molecule has 2 rings (SSSR count). The molecule has 0 radical (unpaired) electrons. The maximum Gasteiger partial charge on any atom is 0.126 e. The van der Waals surface area contributed by atoms with Crippen LogP contribution in [0, 0.1) is 0 Å². The third-order valence-electron chi connectivity index (χ3n) is 8.41. The summed E-state index contributed by atoms with van der Waals surface area (Å²) in [5, 5.41) is 23.7. The van der Waals surface area contributed by atoms with Crippen LogP contribution in [0.5, 0.6) is 11.5 Å². The highest BCUT2D eigenvalue weighted by atomic mass is 32.2. The maximum absolute atomic E-state index is 8.22. The van der Waals surface area contributed by atoms with Crippen molar-refractivity contribution in [3.8, 4) is 11.5 Å². The van der Waals surface area contributed by atoms with Gasteiger partial charge in [-0.25, -0.2) is 10.5 Å². The molecule has 0 aromatic heterocycles. The Morgan fingerprint density at radius 3 is 1.30 bits per heavy atom. The lowest BCUT2D eigenvalue weighted by Crippen LogP contribution is -2.11. The molecule has 0 bridgehead atoms. The molecular formula is C36H58O8S2. The average molecular weight is 683 g/mol. The Morgan fingerprint density at radius 2 is 0.935 bits per heavy atom. The van der Waals surface area contributed by atoms with E-state index in [0.717, 1.165) is 137 Å². The second-order valence-corrected chi connectivity index (χ2v) is 13.2. The molecule has 0 amide bonds. The first kappa shape index (κ1) is 40.7. The number of benzene rings is 2. The summed E-state index contributed by atoms with van der Waals surface area (Å²) in [6.45, 7) is 12.6. The van der Waals surface area contributed by atoms with E-state index in [1.54, 1.807) is 0 Å². The monoisotopic (exact) mass is 682 g/mol. The van der Waals surface area contributed by atoms with Crippen LogP contribution in [0.2, 0.25) is 0 Å². The van der Waals surface area contributed by atoms with Crippen molar-refractivity contribution in [2.45, 2.75) is 130 Å². The molecule has 2 aromatic rings. The fraction of sp³-hybridized carbons (Fsp3) is 0.667. The molecule has 10 heteroatoms. The first-order valence-corrected chi connectivity index (χ1v) is 19.1. The van der Waals surface area contributed by atoms with Gasteiger partial charge in [0.15, 0.2) is 0 Å². The van der Waals surface area contributed by atoms with Crippen molar-refractivity contribution >= 4 is 24.1 Å². The largest absolute Gasteiger partial charge is 0.493 e. The lowest BCUT2D eigenvalue weighted by molar-refractivity contribution is -0.432. The van der Waals surface area contributed by atoms with Gasteiger partial charge in [0, 0.05) is 52.6 Å². The molecule has 0 atom stereocenters. The van der Waals surface area contributed by atoms with Crippen LogP contribution in [0.1, 0.15) is 138 Å². The third-order valence-corrected chi connectivity index (χ3v) is 9.64. The standard InChI is InChI=1S/C36H58O8S2/c1-6-29-24-31(8-3)35(39-20-16-12-10-14-18-22-45-43-41-37)33(26-29)28(5)34-27-30(7-2)25-32(9-4)36(34)40-21-17-13-11-15-19-23-46-44-42-38/h24-28,37-38H,6-23H2,1-5H3. The Bertz CT molecular complexity index is 1000. The molecule has 0 fully saturated rings. The molecule has 0 aliphatic rings.